The molecule has 1 saturated heterocycles. The van der Waals surface area contributed by atoms with Crippen LogP contribution >= 0.6 is 0 Å². The molecule has 0 spiro atoms. The first kappa shape index (κ1) is 10.1. The summed E-state index contributed by atoms with van der Waals surface area (Å²) >= 11 is 0. The van der Waals surface area contributed by atoms with E-state index in [1.54, 1.807) is 7.11 Å². The molecule has 0 aliphatic carbocycles. The average Bonchev–Trinajstić information content (AvgIpc) is 2.87. The molecule has 4 nitrogen and oxygen atoms in total. The monoisotopic (exact) mass is 192 g/mol. The molecule has 0 aromatic heterocycles. The zero-order valence-corrected chi connectivity index (χ0v) is 8.87. The summed E-state index contributed by atoms with van der Waals surface area (Å²) in [5.41, 5.74) is 0. The Hall–Kier alpha value is 0.0569. The number of rotatable bonds is 8. The van der Waals surface area contributed by atoms with Crippen LogP contribution in [-0.4, -0.2) is 42.8 Å². The third kappa shape index (κ3) is 5.67. The quantitative estimate of drug-likeness (QED) is 0.177. The van der Waals surface area contributed by atoms with Crippen molar-refractivity contribution in [2.45, 2.75) is 18.6 Å². The summed E-state index contributed by atoms with van der Waals surface area (Å²) in [6.45, 7) is 2.45. The molecule has 0 amide bonds. The lowest BCUT2D eigenvalue weighted by molar-refractivity contribution is -0.179. The fourth-order valence-electron chi connectivity index (χ4n) is 0.827. The Morgan fingerprint density at radius 1 is 1.58 bits per heavy atom. The Morgan fingerprint density at radius 3 is 3.08 bits per heavy atom. The molecule has 1 atom stereocenters. The molecule has 0 bridgehead atoms. The van der Waals surface area contributed by atoms with Crippen LogP contribution in [0.25, 0.3) is 0 Å². The molecule has 1 heterocycles. The lowest BCUT2D eigenvalue weighted by Crippen LogP contribution is -2.04. The standard InChI is InChI=1S/C7H16O4Si/c1-8-11-12-4-2-3-9-5-7-6-10-7/h7H,2-6,12H2,1H3. The number of hydrogen-bond donors (Lipinski definition) is 0. The second-order valence-corrected chi connectivity index (χ2v) is 4.08. The third-order valence-electron chi connectivity index (χ3n) is 1.59. The van der Waals surface area contributed by atoms with Crippen molar-refractivity contribution < 1.29 is 18.9 Å². The summed E-state index contributed by atoms with van der Waals surface area (Å²) in [6.07, 6.45) is 1.46. The van der Waals surface area contributed by atoms with E-state index in [1.807, 2.05) is 0 Å². The second-order valence-electron chi connectivity index (χ2n) is 2.73. The van der Waals surface area contributed by atoms with Gasteiger partial charge in [0.1, 0.15) is 6.10 Å². The molecule has 1 rings (SSSR count). The van der Waals surface area contributed by atoms with Crippen LogP contribution in [0.1, 0.15) is 6.42 Å². The third-order valence-corrected chi connectivity index (χ3v) is 2.78. The van der Waals surface area contributed by atoms with E-state index in [4.69, 9.17) is 14.1 Å². The van der Waals surface area contributed by atoms with Crippen molar-refractivity contribution in [2.24, 2.45) is 0 Å². The Bertz CT molecular complexity index is 108. The minimum Gasteiger partial charge on any atom is -0.379 e. The van der Waals surface area contributed by atoms with Gasteiger partial charge < -0.3 is 9.47 Å². The molecule has 0 aromatic rings. The fraction of sp³-hybridized carbons (Fsp3) is 1.00. The Morgan fingerprint density at radius 2 is 2.42 bits per heavy atom. The van der Waals surface area contributed by atoms with Crippen molar-refractivity contribution in [2.75, 3.05) is 26.9 Å². The van der Waals surface area contributed by atoms with Gasteiger partial charge in [-0.1, -0.05) is 0 Å². The molecule has 1 aliphatic rings. The van der Waals surface area contributed by atoms with E-state index in [0.717, 1.165) is 32.3 Å². The van der Waals surface area contributed by atoms with Gasteiger partial charge in [-0.3, -0.25) is 9.46 Å². The van der Waals surface area contributed by atoms with Gasteiger partial charge in [0.05, 0.1) is 20.3 Å². The summed E-state index contributed by atoms with van der Waals surface area (Å²) < 4.78 is 15.2. The lowest BCUT2D eigenvalue weighted by Gasteiger charge is -2.01. The Labute approximate surface area is 75.0 Å². The van der Waals surface area contributed by atoms with Crippen molar-refractivity contribution in [3.05, 3.63) is 0 Å². The SMILES string of the molecule is COO[SiH2]CCCOCC1CO1. The summed E-state index contributed by atoms with van der Waals surface area (Å²) in [5.74, 6) is 0. The van der Waals surface area contributed by atoms with Crippen molar-refractivity contribution in [3.63, 3.8) is 0 Å². The van der Waals surface area contributed by atoms with Crippen LogP contribution in [0, 0.1) is 0 Å². The normalized spacial score (nSPS) is 22.2. The maximum absolute atomic E-state index is 5.34. The maximum atomic E-state index is 5.34. The Balaban J connectivity index is 1.65. The molecule has 1 fully saturated rings. The van der Waals surface area contributed by atoms with E-state index in [0.29, 0.717) is 6.10 Å². The van der Waals surface area contributed by atoms with E-state index in [2.05, 4.69) is 4.89 Å². The zero-order valence-electron chi connectivity index (χ0n) is 7.45. The minimum atomic E-state index is -0.454. The maximum Gasteiger partial charge on any atom is 0.208 e. The van der Waals surface area contributed by atoms with Crippen LogP contribution in [0.3, 0.4) is 0 Å². The van der Waals surface area contributed by atoms with Gasteiger partial charge in [0, 0.05) is 6.61 Å². The molecule has 0 N–H and O–H groups in total. The highest BCUT2D eigenvalue weighted by molar-refractivity contribution is 6.26. The average molecular weight is 192 g/mol. The minimum absolute atomic E-state index is 0.387. The van der Waals surface area contributed by atoms with Gasteiger partial charge in [0.25, 0.3) is 0 Å². The molecule has 1 aliphatic heterocycles. The van der Waals surface area contributed by atoms with Crippen LogP contribution in [-0.2, 0) is 18.9 Å². The van der Waals surface area contributed by atoms with Crippen LogP contribution in [0.15, 0.2) is 0 Å². The molecule has 0 aromatic carbocycles. The fourth-order valence-corrected chi connectivity index (χ4v) is 1.52. The largest absolute Gasteiger partial charge is 0.379 e. The highest BCUT2D eigenvalue weighted by atomic mass is 28.2. The highest BCUT2D eigenvalue weighted by Gasteiger charge is 2.21. The molecule has 0 saturated carbocycles. The molecule has 72 valence electrons. The van der Waals surface area contributed by atoms with Gasteiger partial charge >= 0.3 is 0 Å². The number of epoxide rings is 1. The van der Waals surface area contributed by atoms with E-state index in [9.17, 15) is 0 Å². The summed E-state index contributed by atoms with van der Waals surface area (Å²) in [7, 11) is 1.10. The lowest BCUT2D eigenvalue weighted by atomic mass is 10.5. The van der Waals surface area contributed by atoms with Crippen molar-refractivity contribution in [3.8, 4) is 0 Å². The molecular weight excluding hydrogens is 176 g/mol. The number of hydrogen-bond acceptors (Lipinski definition) is 4. The van der Waals surface area contributed by atoms with Gasteiger partial charge in [-0.15, -0.1) is 0 Å². The smallest absolute Gasteiger partial charge is 0.208 e. The van der Waals surface area contributed by atoms with E-state index in [-0.39, 0.29) is 0 Å². The van der Waals surface area contributed by atoms with Crippen LogP contribution < -0.4 is 0 Å². The van der Waals surface area contributed by atoms with Crippen molar-refractivity contribution in [1.29, 1.82) is 0 Å². The molecule has 5 heteroatoms. The first-order valence-electron chi connectivity index (χ1n) is 4.28. The van der Waals surface area contributed by atoms with E-state index >= 15 is 0 Å². The molecular formula is C7H16O4Si. The van der Waals surface area contributed by atoms with Crippen molar-refractivity contribution >= 4 is 9.76 Å². The van der Waals surface area contributed by atoms with Gasteiger partial charge in [-0.2, -0.15) is 0 Å². The van der Waals surface area contributed by atoms with E-state index in [1.165, 1.54) is 0 Å². The summed E-state index contributed by atoms with van der Waals surface area (Å²) in [5, 5.41) is 0. The Kier molecular flexibility index (Phi) is 5.54. The van der Waals surface area contributed by atoms with E-state index < -0.39 is 9.76 Å². The van der Waals surface area contributed by atoms with Gasteiger partial charge in [-0.05, 0) is 12.5 Å². The van der Waals surface area contributed by atoms with Crippen LogP contribution in [0.4, 0.5) is 0 Å². The summed E-state index contributed by atoms with van der Waals surface area (Å²) in [4.78, 5) is 4.50. The predicted molar refractivity (Wildman–Crippen MR) is 46.6 cm³/mol. The molecule has 12 heavy (non-hydrogen) atoms. The van der Waals surface area contributed by atoms with Crippen molar-refractivity contribution in [1.82, 2.24) is 0 Å². The number of ether oxygens (including phenoxy) is 2. The topological polar surface area (TPSA) is 40.2 Å². The first-order chi connectivity index (χ1) is 5.93. The molecule has 0 radical (unpaired) electrons. The van der Waals surface area contributed by atoms with Crippen LogP contribution in [0.2, 0.25) is 6.04 Å². The van der Waals surface area contributed by atoms with Gasteiger partial charge in [0.15, 0.2) is 0 Å². The second kappa shape index (κ2) is 6.56. The predicted octanol–water partition coefficient (Wildman–Crippen LogP) is -0.128. The first-order valence-corrected chi connectivity index (χ1v) is 5.86. The molecule has 1 unspecified atom stereocenters. The van der Waals surface area contributed by atoms with Gasteiger partial charge in [0.2, 0.25) is 9.76 Å². The highest BCUT2D eigenvalue weighted by Crippen LogP contribution is 2.08. The van der Waals surface area contributed by atoms with Gasteiger partial charge in [-0.25, -0.2) is 0 Å². The summed E-state index contributed by atoms with van der Waals surface area (Å²) in [6, 6.07) is 1.11. The zero-order chi connectivity index (χ0) is 8.65. The van der Waals surface area contributed by atoms with Crippen LogP contribution in [0.5, 0.6) is 0 Å².